The zero-order valence-electron chi connectivity index (χ0n) is 19.7. The van der Waals surface area contributed by atoms with E-state index in [0.29, 0.717) is 13.2 Å². The maximum absolute atomic E-state index is 11.7. The summed E-state index contributed by atoms with van der Waals surface area (Å²) >= 11 is 0. The van der Waals surface area contributed by atoms with Crippen LogP contribution in [-0.4, -0.2) is 13.2 Å². The van der Waals surface area contributed by atoms with Crippen molar-refractivity contribution in [3.05, 3.63) is 0 Å². The molecule has 29 heavy (non-hydrogen) atoms. The first-order valence-electron chi connectivity index (χ1n) is 12.5. The van der Waals surface area contributed by atoms with Crippen molar-refractivity contribution in [1.29, 1.82) is 0 Å². The van der Waals surface area contributed by atoms with Crippen LogP contribution in [0.25, 0.3) is 0 Å². The summed E-state index contributed by atoms with van der Waals surface area (Å²) in [6.07, 6.45) is 26.1. The van der Waals surface area contributed by atoms with Crippen molar-refractivity contribution in [3.8, 4) is 0 Å². The minimum absolute atomic E-state index is 0. The van der Waals surface area contributed by atoms with Crippen molar-refractivity contribution in [3.63, 3.8) is 0 Å². The summed E-state index contributed by atoms with van der Waals surface area (Å²) < 4.78 is 22.3. The summed E-state index contributed by atoms with van der Waals surface area (Å²) in [6, 6.07) is 0. The molecule has 3 nitrogen and oxygen atoms in total. The minimum Gasteiger partial charge on any atom is -0.119 e. The Balaban J connectivity index is 0. The third kappa shape index (κ3) is 29.4. The average Bonchev–Trinajstić information content (AvgIpc) is 2.70. The van der Waals surface area contributed by atoms with E-state index in [2.05, 4.69) is 13.8 Å². The zero-order chi connectivity index (χ0) is 20.5. The topological polar surface area (TPSA) is 35.5 Å². The van der Waals surface area contributed by atoms with Gasteiger partial charge in [0, 0.05) is 45.4 Å². The average molecular weight is 562 g/mol. The van der Waals surface area contributed by atoms with E-state index in [1.807, 2.05) is 0 Å². The monoisotopic (exact) mass is 559 g/mol. The Labute approximate surface area is 216 Å². The predicted molar refractivity (Wildman–Crippen MR) is 123 cm³/mol. The number of hydrogen-bond donors (Lipinski definition) is 0. The summed E-state index contributed by atoms with van der Waals surface area (Å²) in [4.78, 5) is 0. The van der Waals surface area contributed by atoms with Gasteiger partial charge in [-0.2, -0.15) is 0 Å². The molecule has 0 aromatic carbocycles. The van der Waals surface area contributed by atoms with Crippen LogP contribution in [0, 0.1) is 40.8 Å². The fraction of sp³-hybridized carbons (Fsp3) is 1.00. The summed E-state index contributed by atoms with van der Waals surface area (Å²) in [5.74, 6) is 0. The van der Waals surface area contributed by atoms with E-state index in [0.717, 1.165) is 12.8 Å². The summed E-state index contributed by atoms with van der Waals surface area (Å²) in [5.41, 5.74) is 0. The Morgan fingerprint density at radius 1 is 0.448 bits per heavy atom. The smallest absolute Gasteiger partial charge is 0.119 e. The molecule has 172 valence electrons. The van der Waals surface area contributed by atoms with Gasteiger partial charge in [-0.3, -0.25) is 0 Å². The Hall–Kier alpha value is 1.37. The van der Waals surface area contributed by atoms with Crippen LogP contribution in [0.15, 0.2) is 0 Å². The molecule has 0 unspecified atom stereocenters. The Kier molecular flexibility index (Phi) is 33.0. The van der Waals surface area contributed by atoms with Gasteiger partial charge in [0.05, 0.1) is 0 Å². The Bertz CT molecular complexity index is 289. The van der Waals surface area contributed by atoms with Gasteiger partial charge in [0.25, 0.3) is 0 Å². The van der Waals surface area contributed by atoms with Gasteiger partial charge in [0.15, 0.2) is 0 Å². The van der Waals surface area contributed by atoms with E-state index in [-0.39, 0.29) is 40.8 Å². The first kappa shape index (κ1) is 32.5. The maximum atomic E-state index is 11.7. The summed E-state index contributed by atoms with van der Waals surface area (Å²) in [5, 5.41) is 0. The van der Waals surface area contributed by atoms with Crippen LogP contribution in [0.4, 0.5) is 0 Å². The number of rotatable bonds is 24. The van der Waals surface area contributed by atoms with Gasteiger partial charge in [-0.1, -0.05) is 129 Å². The second-order valence-electron chi connectivity index (χ2n) is 8.25. The van der Waals surface area contributed by atoms with Crippen molar-refractivity contribution in [2.24, 2.45) is 0 Å². The van der Waals surface area contributed by atoms with Crippen molar-refractivity contribution in [2.45, 2.75) is 142 Å². The second-order valence-corrected chi connectivity index (χ2v) is 9.22. The molecule has 0 amide bonds. The Morgan fingerprint density at radius 2 is 0.690 bits per heavy atom. The summed E-state index contributed by atoms with van der Waals surface area (Å²) in [7, 11) is -1.90. The molecule has 0 rings (SSSR count). The largest absolute Gasteiger partial charge is 0.697 e. The molecule has 0 spiro atoms. The second kappa shape index (κ2) is 29.4. The third-order valence-electron chi connectivity index (χ3n) is 5.39. The van der Waals surface area contributed by atoms with Crippen LogP contribution in [-0.2, 0) is 13.6 Å². The Morgan fingerprint density at radius 3 is 0.966 bits per heavy atom. The fourth-order valence-corrected chi connectivity index (χ4v) is 4.13. The van der Waals surface area contributed by atoms with Crippen LogP contribution in [0.5, 0.6) is 0 Å². The SMILES string of the molecule is CCCCCCCCCCCCO[P+](=O)OCCCCCCCCCCCC.[Nd]. The van der Waals surface area contributed by atoms with Crippen LogP contribution in [0.2, 0.25) is 0 Å². The van der Waals surface area contributed by atoms with Crippen molar-refractivity contribution in [2.75, 3.05) is 13.2 Å². The van der Waals surface area contributed by atoms with E-state index >= 15 is 0 Å². The quantitative estimate of drug-likeness (QED) is 0.0869. The molecule has 0 atom stereocenters. The molecule has 0 aliphatic rings. The van der Waals surface area contributed by atoms with E-state index < -0.39 is 8.25 Å². The van der Waals surface area contributed by atoms with Gasteiger partial charge < -0.3 is 0 Å². The normalized spacial score (nSPS) is 10.8. The van der Waals surface area contributed by atoms with Crippen molar-refractivity contribution in [1.82, 2.24) is 0 Å². The van der Waals surface area contributed by atoms with Gasteiger partial charge in [0.1, 0.15) is 13.2 Å². The standard InChI is InChI=1S/C24H50O3P.Nd/c1-3-5-7-9-11-13-15-17-19-21-23-26-28(25)27-24-22-20-18-16-14-12-10-8-6-4-2;/h3-24H2,1-2H3;/q+1;. The van der Waals surface area contributed by atoms with Crippen LogP contribution in [0.3, 0.4) is 0 Å². The molecular formula is C24H50NdO3P+. The van der Waals surface area contributed by atoms with E-state index in [9.17, 15) is 4.57 Å². The third-order valence-corrected chi connectivity index (χ3v) is 6.18. The van der Waals surface area contributed by atoms with Gasteiger partial charge in [0.2, 0.25) is 0 Å². The van der Waals surface area contributed by atoms with E-state index in [1.54, 1.807) is 0 Å². The summed E-state index contributed by atoms with van der Waals surface area (Å²) in [6.45, 7) is 5.67. The molecule has 0 fully saturated rings. The van der Waals surface area contributed by atoms with Crippen molar-refractivity contribution >= 4 is 8.25 Å². The molecule has 0 aliphatic carbocycles. The van der Waals surface area contributed by atoms with E-state index in [4.69, 9.17) is 9.05 Å². The fourth-order valence-electron chi connectivity index (χ4n) is 3.49. The maximum Gasteiger partial charge on any atom is 0.697 e. The van der Waals surface area contributed by atoms with Crippen LogP contribution >= 0.6 is 8.25 Å². The number of unbranched alkanes of at least 4 members (excludes halogenated alkanes) is 18. The molecule has 0 aromatic heterocycles. The molecule has 0 radical (unpaired) electrons. The molecule has 0 saturated carbocycles. The first-order valence-corrected chi connectivity index (χ1v) is 13.6. The minimum atomic E-state index is -1.90. The van der Waals surface area contributed by atoms with Gasteiger partial charge >= 0.3 is 8.25 Å². The van der Waals surface area contributed by atoms with Gasteiger partial charge in [-0.25, -0.2) is 0 Å². The molecule has 0 N–H and O–H groups in total. The van der Waals surface area contributed by atoms with Crippen molar-refractivity contribution < 1.29 is 54.5 Å². The predicted octanol–water partition coefficient (Wildman–Crippen LogP) is 9.52. The molecule has 0 saturated heterocycles. The molecule has 5 heteroatoms. The molecule has 0 aromatic rings. The molecule has 0 heterocycles. The number of hydrogen-bond acceptors (Lipinski definition) is 3. The zero-order valence-corrected chi connectivity index (χ0v) is 23.8. The molecule has 0 bridgehead atoms. The van der Waals surface area contributed by atoms with Gasteiger partial charge in [-0.05, 0) is 12.8 Å². The molecule has 0 aliphatic heterocycles. The van der Waals surface area contributed by atoms with Crippen LogP contribution in [0.1, 0.15) is 142 Å². The van der Waals surface area contributed by atoms with Gasteiger partial charge in [-0.15, -0.1) is 9.05 Å². The van der Waals surface area contributed by atoms with Crippen LogP contribution < -0.4 is 0 Å². The molecular weight excluding hydrogens is 511 g/mol. The van der Waals surface area contributed by atoms with E-state index in [1.165, 1.54) is 116 Å². The first-order chi connectivity index (χ1) is 13.8.